The lowest BCUT2D eigenvalue weighted by Crippen LogP contribution is -2.52. The largest absolute Gasteiger partial charge is 0.494 e. The molecule has 31 heavy (non-hydrogen) atoms. The van der Waals surface area contributed by atoms with Crippen molar-refractivity contribution in [1.29, 1.82) is 0 Å². The van der Waals surface area contributed by atoms with Crippen molar-refractivity contribution < 1.29 is 27.9 Å². The number of anilines is 1. The number of amides is 4. The number of furan rings is 1. The summed E-state index contributed by atoms with van der Waals surface area (Å²) >= 11 is 0. The van der Waals surface area contributed by atoms with E-state index in [0.717, 1.165) is 0 Å². The molecule has 2 aliphatic rings. The number of benzene rings is 1. The van der Waals surface area contributed by atoms with Crippen LogP contribution >= 0.6 is 0 Å². The first-order valence-electron chi connectivity index (χ1n) is 9.27. The van der Waals surface area contributed by atoms with E-state index < -0.39 is 29.2 Å². The monoisotopic (exact) mass is 425 g/mol. The Labute approximate surface area is 174 Å². The van der Waals surface area contributed by atoms with E-state index in [0.29, 0.717) is 16.7 Å². The zero-order valence-electron chi connectivity index (χ0n) is 16.2. The van der Waals surface area contributed by atoms with E-state index in [1.165, 1.54) is 30.2 Å². The number of fused-ring (bicyclic) bond motifs is 2. The first-order valence-corrected chi connectivity index (χ1v) is 9.27. The molecule has 0 bridgehead atoms. The van der Waals surface area contributed by atoms with E-state index in [9.17, 15) is 18.8 Å². The van der Waals surface area contributed by atoms with Crippen LogP contribution in [-0.4, -0.2) is 41.4 Å². The fourth-order valence-electron chi connectivity index (χ4n) is 3.97. The number of aromatic nitrogens is 1. The number of nitrogens with zero attached hydrogens (tertiary/aromatic N) is 2. The van der Waals surface area contributed by atoms with Gasteiger partial charge in [0.1, 0.15) is 17.1 Å². The molecule has 158 valence electrons. The van der Waals surface area contributed by atoms with Crippen LogP contribution in [0.4, 0.5) is 15.0 Å². The van der Waals surface area contributed by atoms with Crippen molar-refractivity contribution in [3.05, 3.63) is 53.0 Å². The molecule has 1 fully saturated rings. The normalized spacial score (nSPS) is 20.2. The van der Waals surface area contributed by atoms with Crippen molar-refractivity contribution in [2.45, 2.75) is 12.1 Å². The molecule has 0 radical (unpaired) electrons. The maximum absolute atomic E-state index is 14.7. The molecule has 11 heteroatoms. The first-order chi connectivity index (χ1) is 14.8. The Hall–Kier alpha value is -4.15. The lowest BCUT2D eigenvalue weighted by molar-refractivity contribution is -0.125. The number of ether oxygens (including phenoxy) is 1. The average Bonchev–Trinajstić information content (AvgIpc) is 3.37. The lowest BCUT2D eigenvalue weighted by Gasteiger charge is -2.28. The highest BCUT2D eigenvalue weighted by Gasteiger charge is 2.53. The van der Waals surface area contributed by atoms with Crippen LogP contribution in [0.3, 0.4) is 0 Å². The van der Waals surface area contributed by atoms with Crippen LogP contribution in [0.15, 0.2) is 34.7 Å². The summed E-state index contributed by atoms with van der Waals surface area (Å²) in [6.45, 7) is -0.236. The zero-order chi connectivity index (χ0) is 21.9. The highest BCUT2D eigenvalue weighted by atomic mass is 19.1. The minimum atomic E-state index is -1.72. The highest BCUT2D eigenvalue weighted by molar-refractivity contribution is 6.08. The molecule has 2 aromatic heterocycles. The highest BCUT2D eigenvalue weighted by Crippen LogP contribution is 2.36. The Bertz CT molecular complexity index is 1290. The fraction of sp³-hybridized carbons (Fsp3) is 0.200. The predicted octanol–water partition coefficient (Wildman–Crippen LogP) is 1.25. The van der Waals surface area contributed by atoms with Gasteiger partial charge in [-0.2, -0.15) is 0 Å². The van der Waals surface area contributed by atoms with Crippen LogP contribution in [0, 0.1) is 5.82 Å². The SMILES string of the molecule is COc1ccc2c(c1F)C(=O)N(CC1(c3cc4nc(N)ccc4o3)NC(=O)NC1=O)C2. The van der Waals surface area contributed by atoms with E-state index in [2.05, 4.69) is 15.6 Å². The Morgan fingerprint density at radius 2 is 2.10 bits per heavy atom. The number of nitrogen functional groups attached to an aromatic ring is 1. The van der Waals surface area contributed by atoms with Crippen LogP contribution < -0.4 is 21.1 Å². The molecule has 10 nitrogen and oxygen atoms in total. The van der Waals surface area contributed by atoms with E-state index >= 15 is 0 Å². The second kappa shape index (κ2) is 6.42. The average molecular weight is 425 g/mol. The Balaban J connectivity index is 1.56. The smallest absolute Gasteiger partial charge is 0.322 e. The minimum Gasteiger partial charge on any atom is -0.494 e. The van der Waals surface area contributed by atoms with Gasteiger partial charge in [0.15, 0.2) is 22.7 Å². The number of nitrogens with one attached hydrogen (secondary N) is 2. The van der Waals surface area contributed by atoms with Crippen molar-refractivity contribution >= 4 is 34.8 Å². The van der Waals surface area contributed by atoms with Gasteiger partial charge >= 0.3 is 6.03 Å². The van der Waals surface area contributed by atoms with Gasteiger partial charge in [0.05, 0.1) is 19.2 Å². The summed E-state index contributed by atoms with van der Waals surface area (Å²) in [4.78, 5) is 43.3. The number of halogens is 1. The third kappa shape index (κ3) is 2.70. The van der Waals surface area contributed by atoms with Gasteiger partial charge in [-0.3, -0.25) is 14.9 Å². The summed E-state index contributed by atoms with van der Waals surface area (Å²) in [6, 6.07) is 6.88. The van der Waals surface area contributed by atoms with Gasteiger partial charge in [0.2, 0.25) is 0 Å². The Morgan fingerprint density at radius 1 is 1.29 bits per heavy atom. The number of methoxy groups -OCH3 is 1. The molecule has 3 aromatic rings. The number of pyridine rings is 1. The predicted molar refractivity (Wildman–Crippen MR) is 104 cm³/mol. The number of carbonyl (C=O) groups excluding carboxylic acids is 3. The third-order valence-corrected chi connectivity index (χ3v) is 5.46. The van der Waals surface area contributed by atoms with Crippen LogP contribution in [0.5, 0.6) is 5.75 Å². The number of rotatable bonds is 4. The third-order valence-electron chi connectivity index (χ3n) is 5.46. The van der Waals surface area contributed by atoms with Gasteiger partial charge in [0, 0.05) is 12.6 Å². The van der Waals surface area contributed by atoms with Gasteiger partial charge in [-0.25, -0.2) is 14.2 Å². The molecule has 2 aliphatic heterocycles. The first kappa shape index (κ1) is 18.9. The summed E-state index contributed by atoms with van der Waals surface area (Å²) in [5.41, 5.74) is 5.04. The summed E-state index contributed by atoms with van der Waals surface area (Å²) in [5.74, 6) is -1.83. The number of nitrogens with two attached hydrogens (primary N) is 1. The van der Waals surface area contributed by atoms with Gasteiger partial charge in [-0.15, -0.1) is 0 Å². The number of hydrogen-bond donors (Lipinski definition) is 3. The van der Waals surface area contributed by atoms with Crippen molar-refractivity contribution in [3.8, 4) is 5.75 Å². The minimum absolute atomic E-state index is 0.0470. The summed E-state index contributed by atoms with van der Waals surface area (Å²) in [5, 5.41) is 4.73. The summed E-state index contributed by atoms with van der Waals surface area (Å²) in [7, 11) is 1.30. The summed E-state index contributed by atoms with van der Waals surface area (Å²) < 4.78 is 25.4. The Kier molecular flexibility index (Phi) is 3.91. The molecule has 5 rings (SSSR count). The van der Waals surface area contributed by atoms with E-state index in [-0.39, 0.29) is 36.0 Å². The molecule has 4 amide bonds. The fourth-order valence-corrected chi connectivity index (χ4v) is 3.97. The Morgan fingerprint density at radius 3 is 2.81 bits per heavy atom. The van der Waals surface area contributed by atoms with Crippen LogP contribution in [-0.2, 0) is 16.9 Å². The second-order valence-electron chi connectivity index (χ2n) is 7.32. The second-order valence-corrected chi connectivity index (χ2v) is 7.32. The topological polar surface area (TPSA) is 140 Å². The standard InChI is InChI=1S/C20H16FN5O5/c1-30-12-3-2-9-7-26(17(27)15(9)16(12)21)8-20(18(28)24-19(29)25-20)13-6-10-11(31-13)4-5-14(22)23-10/h2-6H,7-8H2,1H3,(H2,22,23)(H2,24,25,28,29). The number of imide groups is 1. The van der Waals surface area contributed by atoms with Crippen molar-refractivity contribution in [3.63, 3.8) is 0 Å². The van der Waals surface area contributed by atoms with Crippen molar-refractivity contribution in [1.82, 2.24) is 20.5 Å². The molecule has 0 spiro atoms. The molecule has 1 saturated heterocycles. The van der Waals surface area contributed by atoms with E-state index in [4.69, 9.17) is 14.9 Å². The number of carbonyl (C=O) groups is 3. The van der Waals surface area contributed by atoms with Gasteiger partial charge in [-0.05, 0) is 23.8 Å². The lowest BCUT2D eigenvalue weighted by atomic mass is 9.95. The molecular formula is C20H16FN5O5. The number of urea groups is 1. The molecule has 1 atom stereocenters. The molecule has 0 aliphatic carbocycles. The van der Waals surface area contributed by atoms with E-state index in [1.54, 1.807) is 12.1 Å². The summed E-state index contributed by atoms with van der Waals surface area (Å²) in [6.07, 6.45) is 0. The van der Waals surface area contributed by atoms with Crippen molar-refractivity contribution in [2.75, 3.05) is 19.4 Å². The van der Waals surface area contributed by atoms with Crippen LogP contribution in [0.25, 0.3) is 11.1 Å². The molecular weight excluding hydrogens is 409 g/mol. The van der Waals surface area contributed by atoms with Gasteiger partial charge in [0.25, 0.3) is 11.8 Å². The molecule has 1 aromatic carbocycles. The maximum atomic E-state index is 14.7. The molecule has 4 N–H and O–H groups in total. The van der Waals surface area contributed by atoms with Crippen molar-refractivity contribution in [2.24, 2.45) is 0 Å². The number of hydrogen-bond acceptors (Lipinski definition) is 7. The zero-order valence-corrected chi connectivity index (χ0v) is 16.2. The van der Waals surface area contributed by atoms with Crippen LogP contribution in [0.1, 0.15) is 21.7 Å². The molecule has 0 saturated carbocycles. The van der Waals surface area contributed by atoms with Gasteiger partial charge in [-0.1, -0.05) is 6.07 Å². The van der Waals surface area contributed by atoms with Crippen LogP contribution in [0.2, 0.25) is 0 Å². The van der Waals surface area contributed by atoms with Gasteiger partial charge < -0.3 is 25.1 Å². The molecule has 1 unspecified atom stereocenters. The quantitative estimate of drug-likeness (QED) is 0.535. The maximum Gasteiger partial charge on any atom is 0.322 e. The molecule has 4 heterocycles. The van der Waals surface area contributed by atoms with E-state index in [1.807, 2.05) is 0 Å².